The molecule has 9 heteroatoms. The second-order valence-corrected chi connectivity index (χ2v) is 8.52. The van der Waals surface area contributed by atoms with Crippen molar-refractivity contribution in [3.8, 4) is 16.8 Å². The third-order valence-corrected chi connectivity index (χ3v) is 5.56. The van der Waals surface area contributed by atoms with Crippen LogP contribution in [0, 0.1) is 6.92 Å². The summed E-state index contributed by atoms with van der Waals surface area (Å²) in [6.07, 6.45) is 3.40. The standard InChI is InChI=1S/C25H28N8O/c1-15(2)23-30-31-32-33(23)22-11-19(18-8-6-16(3)7-9-18)10-20(12-22)24(34)29-17(4)21-13-27-25(26-5)28-14-21/h6-15,17H,1-5H3,(H,29,34)(H,26,27,28). The van der Waals surface area contributed by atoms with Crippen LogP contribution in [0.5, 0.6) is 0 Å². The number of carbonyl (C=O) groups excluding carboxylic acids is 1. The van der Waals surface area contributed by atoms with Gasteiger partial charge in [0.25, 0.3) is 5.91 Å². The molecule has 1 unspecified atom stereocenters. The van der Waals surface area contributed by atoms with E-state index in [-0.39, 0.29) is 17.9 Å². The van der Waals surface area contributed by atoms with E-state index in [9.17, 15) is 4.79 Å². The number of hydrogen-bond donors (Lipinski definition) is 2. The summed E-state index contributed by atoms with van der Waals surface area (Å²) in [7, 11) is 1.76. The predicted molar refractivity (Wildman–Crippen MR) is 131 cm³/mol. The summed E-state index contributed by atoms with van der Waals surface area (Å²) in [6, 6.07) is 13.6. The predicted octanol–water partition coefficient (Wildman–Crippen LogP) is 4.08. The summed E-state index contributed by atoms with van der Waals surface area (Å²) >= 11 is 0. The number of hydrogen-bond acceptors (Lipinski definition) is 7. The monoisotopic (exact) mass is 456 g/mol. The highest BCUT2D eigenvalue weighted by Gasteiger charge is 2.18. The van der Waals surface area contributed by atoms with Gasteiger partial charge in [-0.2, -0.15) is 4.68 Å². The third-order valence-electron chi connectivity index (χ3n) is 5.56. The van der Waals surface area contributed by atoms with Gasteiger partial charge in [-0.15, -0.1) is 5.10 Å². The zero-order valence-electron chi connectivity index (χ0n) is 19.9. The first-order valence-corrected chi connectivity index (χ1v) is 11.2. The molecule has 0 saturated heterocycles. The first-order valence-electron chi connectivity index (χ1n) is 11.2. The smallest absolute Gasteiger partial charge is 0.251 e. The van der Waals surface area contributed by atoms with E-state index in [0.29, 0.717) is 11.5 Å². The molecule has 0 radical (unpaired) electrons. The number of aromatic nitrogens is 6. The minimum absolute atomic E-state index is 0.121. The molecule has 2 heterocycles. The maximum absolute atomic E-state index is 13.3. The molecule has 0 bridgehead atoms. The van der Waals surface area contributed by atoms with Gasteiger partial charge in [0.1, 0.15) is 0 Å². The van der Waals surface area contributed by atoms with Crippen molar-refractivity contribution in [2.45, 2.75) is 39.7 Å². The highest BCUT2D eigenvalue weighted by molar-refractivity contribution is 5.96. The first kappa shape index (κ1) is 23.0. The number of nitrogens with one attached hydrogen (secondary N) is 2. The molecule has 2 N–H and O–H groups in total. The van der Waals surface area contributed by atoms with Crippen LogP contribution >= 0.6 is 0 Å². The molecule has 0 saturated carbocycles. The van der Waals surface area contributed by atoms with Crippen molar-refractivity contribution in [1.82, 2.24) is 35.5 Å². The van der Waals surface area contributed by atoms with Gasteiger partial charge in [0, 0.05) is 36.5 Å². The Balaban J connectivity index is 1.71. The Morgan fingerprint density at radius 2 is 1.68 bits per heavy atom. The Hall–Kier alpha value is -4.14. The summed E-state index contributed by atoms with van der Waals surface area (Å²) in [5.41, 5.74) is 5.13. The van der Waals surface area contributed by atoms with Crippen LogP contribution in [0.1, 0.15) is 60.0 Å². The number of carbonyl (C=O) groups is 1. The Morgan fingerprint density at radius 3 is 2.32 bits per heavy atom. The van der Waals surface area contributed by atoms with E-state index in [2.05, 4.69) is 48.3 Å². The molecule has 0 fully saturated rings. The normalized spacial score (nSPS) is 11.9. The SMILES string of the molecule is CNc1ncc(C(C)NC(=O)c2cc(-c3ccc(C)cc3)cc(-n3nnnc3C(C)C)c2)cn1. The summed E-state index contributed by atoms with van der Waals surface area (Å²) in [5, 5.41) is 18.1. The van der Waals surface area contributed by atoms with E-state index in [1.165, 1.54) is 5.56 Å². The van der Waals surface area contributed by atoms with Gasteiger partial charge in [-0.3, -0.25) is 4.79 Å². The third kappa shape index (κ3) is 4.93. The summed E-state index contributed by atoms with van der Waals surface area (Å²) in [5.74, 6) is 1.16. The maximum atomic E-state index is 13.3. The van der Waals surface area contributed by atoms with Crippen molar-refractivity contribution in [2.75, 3.05) is 12.4 Å². The van der Waals surface area contributed by atoms with E-state index in [1.54, 1.807) is 24.1 Å². The van der Waals surface area contributed by atoms with Crippen molar-refractivity contribution in [3.05, 3.63) is 77.4 Å². The zero-order chi connectivity index (χ0) is 24.2. The lowest BCUT2D eigenvalue weighted by atomic mass is 10.00. The van der Waals surface area contributed by atoms with Crippen LogP contribution in [0.3, 0.4) is 0 Å². The molecule has 2 aromatic heterocycles. The van der Waals surface area contributed by atoms with E-state index in [0.717, 1.165) is 28.2 Å². The van der Waals surface area contributed by atoms with Crippen molar-refractivity contribution in [2.24, 2.45) is 0 Å². The van der Waals surface area contributed by atoms with Gasteiger partial charge in [-0.25, -0.2) is 9.97 Å². The van der Waals surface area contributed by atoms with Crippen molar-refractivity contribution in [1.29, 1.82) is 0 Å². The lowest BCUT2D eigenvalue weighted by Gasteiger charge is -2.16. The van der Waals surface area contributed by atoms with E-state index in [4.69, 9.17) is 0 Å². The summed E-state index contributed by atoms with van der Waals surface area (Å²) in [4.78, 5) is 21.8. The molecule has 2 aromatic carbocycles. The van der Waals surface area contributed by atoms with Crippen molar-refractivity contribution in [3.63, 3.8) is 0 Å². The second-order valence-electron chi connectivity index (χ2n) is 8.52. The summed E-state index contributed by atoms with van der Waals surface area (Å²) < 4.78 is 1.69. The second kappa shape index (κ2) is 9.78. The minimum Gasteiger partial charge on any atom is -0.357 e. The average Bonchev–Trinajstić information content (AvgIpc) is 3.35. The van der Waals surface area contributed by atoms with Crippen LogP contribution in [-0.2, 0) is 0 Å². The molecule has 1 atom stereocenters. The van der Waals surface area contributed by atoms with Crippen LogP contribution in [0.25, 0.3) is 16.8 Å². The lowest BCUT2D eigenvalue weighted by Crippen LogP contribution is -2.27. The molecule has 4 rings (SSSR count). The van der Waals surface area contributed by atoms with Crippen LogP contribution in [0.4, 0.5) is 5.95 Å². The van der Waals surface area contributed by atoms with E-state index in [1.807, 2.05) is 58.0 Å². The Labute approximate surface area is 198 Å². The largest absolute Gasteiger partial charge is 0.357 e. The lowest BCUT2D eigenvalue weighted by molar-refractivity contribution is 0.0940. The summed E-state index contributed by atoms with van der Waals surface area (Å²) in [6.45, 7) is 8.01. The van der Waals surface area contributed by atoms with Gasteiger partial charge in [0.05, 0.1) is 11.7 Å². The molecule has 0 aliphatic carbocycles. The Kier molecular flexibility index (Phi) is 6.62. The minimum atomic E-state index is -0.274. The molecule has 1 amide bonds. The molecule has 9 nitrogen and oxygen atoms in total. The fourth-order valence-corrected chi connectivity index (χ4v) is 3.57. The molecule has 0 aliphatic heterocycles. The number of nitrogens with zero attached hydrogens (tertiary/aromatic N) is 6. The van der Waals surface area contributed by atoms with Gasteiger partial charge < -0.3 is 10.6 Å². The number of aryl methyl sites for hydroxylation is 1. The first-order chi connectivity index (χ1) is 16.4. The Morgan fingerprint density at radius 1 is 0.971 bits per heavy atom. The number of tetrazole rings is 1. The quantitative estimate of drug-likeness (QED) is 0.431. The van der Waals surface area contributed by atoms with Crippen LogP contribution in [-0.4, -0.2) is 43.1 Å². The number of benzene rings is 2. The molecule has 0 aliphatic rings. The molecular formula is C25H28N8O. The number of anilines is 1. The average molecular weight is 457 g/mol. The van der Waals surface area contributed by atoms with E-state index >= 15 is 0 Å². The molecule has 0 spiro atoms. The van der Waals surface area contributed by atoms with Gasteiger partial charge in [-0.05, 0) is 53.6 Å². The van der Waals surface area contributed by atoms with Gasteiger partial charge in [-0.1, -0.05) is 43.7 Å². The highest BCUT2D eigenvalue weighted by atomic mass is 16.1. The zero-order valence-corrected chi connectivity index (χ0v) is 19.9. The van der Waals surface area contributed by atoms with Crippen molar-refractivity contribution < 1.29 is 4.79 Å². The Bertz CT molecular complexity index is 1280. The topological polar surface area (TPSA) is 111 Å². The molecule has 174 valence electrons. The van der Waals surface area contributed by atoms with Crippen LogP contribution < -0.4 is 10.6 Å². The molecule has 34 heavy (non-hydrogen) atoms. The fourth-order valence-electron chi connectivity index (χ4n) is 3.57. The van der Waals surface area contributed by atoms with Crippen LogP contribution in [0.15, 0.2) is 54.9 Å². The van der Waals surface area contributed by atoms with Crippen molar-refractivity contribution >= 4 is 11.9 Å². The molecule has 4 aromatic rings. The number of amides is 1. The fraction of sp³-hybridized carbons (Fsp3) is 0.280. The van der Waals surface area contributed by atoms with Crippen LogP contribution in [0.2, 0.25) is 0 Å². The molecular weight excluding hydrogens is 428 g/mol. The van der Waals surface area contributed by atoms with Gasteiger partial charge in [0.2, 0.25) is 5.95 Å². The maximum Gasteiger partial charge on any atom is 0.251 e. The van der Waals surface area contributed by atoms with Gasteiger partial charge in [0.15, 0.2) is 5.82 Å². The highest BCUT2D eigenvalue weighted by Crippen LogP contribution is 2.26. The van der Waals surface area contributed by atoms with E-state index < -0.39 is 0 Å². The number of rotatable bonds is 7. The van der Waals surface area contributed by atoms with Gasteiger partial charge >= 0.3 is 0 Å².